The third-order valence-electron chi connectivity index (χ3n) is 6.58. The van der Waals surface area contributed by atoms with E-state index >= 15 is 0 Å². The molecule has 1 aromatic heterocycles. The lowest BCUT2D eigenvalue weighted by atomic mass is 10.0. The van der Waals surface area contributed by atoms with Gasteiger partial charge in [0.05, 0.1) is 11.1 Å². The summed E-state index contributed by atoms with van der Waals surface area (Å²) >= 11 is 0. The minimum absolute atomic E-state index is 0.0105. The molecule has 1 saturated heterocycles. The molecule has 1 fully saturated rings. The molecule has 6 nitrogen and oxygen atoms in total. The molecular weight excluding hydrogens is 433 g/mol. The Kier molecular flexibility index (Phi) is 5.79. The molecule has 7 heteroatoms. The third kappa shape index (κ3) is 4.15. The van der Waals surface area contributed by atoms with Crippen molar-refractivity contribution in [2.24, 2.45) is 0 Å². The van der Waals surface area contributed by atoms with Gasteiger partial charge in [-0.3, -0.25) is 9.59 Å². The average Bonchev–Trinajstić information content (AvgIpc) is 3.43. The first-order chi connectivity index (χ1) is 16.4. The number of furan rings is 1. The van der Waals surface area contributed by atoms with E-state index in [4.69, 9.17) is 4.42 Å². The van der Waals surface area contributed by atoms with Gasteiger partial charge in [-0.2, -0.15) is 0 Å². The number of halogens is 1. The van der Waals surface area contributed by atoms with Crippen LogP contribution in [0.25, 0.3) is 23.0 Å². The first-order valence-corrected chi connectivity index (χ1v) is 11.4. The van der Waals surface area contributed by atoms with E-state index < -0.39 is 5.82 Å². The fourth-order valence-corrected chi connectivity index (χ4v) is 4.66. The smallest absolute Gasteiger partial charge is 0.256 e. The zero-order chi connectivity index (χ0) is 23.8. The van der Waals surface area contributed by atoms with E-state index in [0.29, 0.717) is 45.5 Å². The van der Waals surface area contributed by atoms with Crippen LogP contribution in [0.3, 0.4) is 0 Å². The van der Waals surface area contributed by atoms with Gasteiger partial charge in [0.25, 0.3) is 11.8 Å². The lowest BCUT2D eigenvalue weighted by molar-refractivity contribution is -0.110. The van der Waals surface area contributed by atoms with Crippen LogP contribution in [0.4, 0.5) is 10.1 Å². The van der Waals surface area contributed by atoms with Crippen LogP contribution >= 0.6 is 0 Å². The Morgan fingerprint density at radius 1 is 1.09 bits per heavy atom. The van der Waals surface area contributed by atoms with E-state index in [-0.39, 0.29) is 11.8 Å². The minimum Gasteiger partial charge on any atom is -0.457 e. The standard InChI is InChI=1S/C27H26FN3O3/c1-30(2)18-11-13-31(14-12-18)27(33)21-6-4-3-5-20(21)25-10-8-19(34-25)16-23-22-15-17(28)7-9-24(22)29-26(23)32/h3-10,15-16,18H,11-14H2,1-2H3,(H,29,32). The summed E-state index contributed by atoms with van der Waals surface area (Å²) in [5, 5.41) is 2.74. The van der Waals surface area contributed by atoms with Crippen LogP contribution in [-0.4, -0.2) is 54.8 Å². The molecule has 0 unspecified atom stereocenters. The molecule has 1 N–H and O–H groups in total. The summed E-state index contributed by atoms with van der Waals surface area (Å²) in [5.41, 5.74) is 2.70. The van der Waals surface area contributed by atoms with E-state index in [0.717, 1.165) is 25.9 Å². The number of nitrogens with one attached hydrogen (secondary N) is 1. The van der Waals surface area contributed by atoms with E-state index in [2.05, 4.69) is 24.3 Å². The first-order valence-electron chi connectivity index (χ1n) is 11.4. The molecule has 2 aliphatic heterocycles. The van der Waals surface area contributed by atoms with Gasteiger partial charge in [-0.1, -0.05) is 18.2 Å². The van der Waals surface area contributed by atoms with Crippen molar-refractivity contribution >= 4 is 29.2 Å². The summed E-state index contributed by atoms with van der Waals surface area (Å²) in [6.07, 6.45) is 3.49. The van der Waals surface area contributed by atoms with Crippen molar-refractivity contribution < 1.29 is 18.4 Å². The lowest BCUT2D eigenvalue weighted by Gasteiger charge is -2.35. The number of anilines is 1. The summed E-state index contributed by atoms with van der Waals surface area (Å²) in [5.74, 6) is 0.255. The summed E-state index contributed by atoms with van der Waals surface area (Å²) in [4.78, 5) is 29.9. The van der Waals surface area contributed by atoms with E-state index in [1.165, 1.54) is 12.1 Å². The largest absolute Gasteiger partial charge is 0.457 e. The highest BCUT2D eigenvalue weighted by Crippen LogP contribution is 2.35. The minimum atomic E-state index is -0.414. The van der Waals surface area contributed by atoms with Crippen LogP contribution < -0.4 is 5.32 Å². The van der Waals surface area contributed by atoms with Gasteiger partial charge in [0, 0.05) is 35.9 Å². The van der Waals surface area contributed by atoms with Gasteiger partial charge in [-0.05, 0) is 69.4 Å². The van der Waals surface area contributed by atoms with Crippen molar-refractivity contribution in [3.8, 4) is 11.3 Å². The monoisotopic (exact) mass is 459 g/mol. The second-order valence-electron chi connectivity index (χ2n) is 8.94. The molecule has 0 bridgehead atoms. The zero-order valence-corrected chi connectivity index (χ0v) is 19.2. The van der Waals surface area contributed by atoms with Gasteiger partial charge >= 0.3 is 0 Å². The molecule has 2 aliphatic rings. The predicted molar refractivity (Wildman–Crippen MR) is 130 cm³/mol. The number of rotatable bonds is 4. The van der Waals surface area contributed by atoms with Crippen molar-refractivity contribution in [2.45, 2.75) is 18.9 Å². The Labute approximate surface area is 197 Å². The maximum absolute atomic E-state index is 13.7. The zero-order valence-electron chi connectivity index (χ0n) is 19.2. The van der Waals surface area contributed by atoms with Gasteiger partial charge in [-0.15, -0.1) is 0 Å². The molecule has 0 saturated carbocycles. The van der Waals surface area contributed by atoms with Crippen LogP contribution in [-0.2, 0) is 4.79 Å². The second kappa shape index (κ2) is 8.91. The molecule has 0 spiro atoms. The number of amides is 2. The SMILES string of the molecule is CN(C)C1CCN(C(=O)c2ccccc2-c2ccc(C=C3C(=O)Nc4ccc(F)cc43)o2)CC1. The number of hydrogen-bond donors (Lipinski definition) is 1. The van der Waals surface area contributed by atoms with Crippen LogP contribution in [0, 0.1) is 5.82 Å². The lowest BCUT2D eigenvalue weighted by Crippen LogP contribution is -2.44. The maximum Gasteiger partial charge on any atom is 0.256 e. The van der Waals surface area contributed by atoms with Crippen molar-refractivity contribution in [1.82, 2.24) is 9.80 Å². The Bertz CT molecular complexity index is 1290. The van der Waals surface area contributed by atoms with Crippen molar-refractivity contribution in [3.63, 3.8) is 0 Å². The normalized spacial score (nSPS) is 17.4. The van der Waals surface area contributed by atoms with Crippen LogP contribution in [0.1, 0.15) is 34.5 Å². The number of likely N-dealkylation sites (tertiary alicyclic amines) is 1. The number of piperidine rings is 1. The third-order valence-corrected chi connectivity index (χ3v) is 6.58. The summed E-state index contributed by atoms with van der Waals surface area (Å²) in [6.45, 7) is 1.44. The number of carbonyl (C=O) groups is 2. The Hall–Kier alpha value is -3.71. The van der Waals surface area contributed by atoms with Gasteiger partial charge < -0.3 is 19.5 Å². The molecule has 0 atom stereocenters. The Balaban J connectivity index is 1.41. The molecule has 0 aliphatic carbocycles. The van der Waals surface area contributed by atoms with Crippen LogP contribution in [0.15, 0.2) is 59.0 Å². The van der Waals surface area contributed by atoms with Crippen molar-refractivity contribution in [3.05, 3.63) is 77.3 Å². The number of nitrogens with zero attached hydrogens (tertiary/aromatic N) is 2. The van der Waals surface area contributed by atoms with Crippen LogP contribution in [0.5, 0.6) is 0 Å². The number of benzene rings is 2. The highest BCUT2D eigenvalue weighted by molar-refractivity contribution is 6.34. The molecular formula is C27H26FN3O3. The van der Waals surface area contributed by atoms with Crippen molar-refractivity contribution in [2.75, 3.05) is 32.5 Å². The Morgan fingerprint density at radius 2 is 1.85 bits per heavy atom. The van der Waals surface area contributed by atoms with Gasteiger partial charge in [0.15, 0.2) is 0 Å². The predicted octanol–water partition coefficient (Wildman–Crippen LogP) is 4.74. The topological polar surface area (TPSA) is 65.8 Å². The van der Waals surface area contributed by atoms with Crippen molar-refractivity contribution in [1.29, 1.82) is 0 Å². The van der Waals surface area contributed by atoms with Gasteiger partial charge in [-0.25, -0.2) is 4.39 Å². The van der Waals surface area contributed by atoms with E-state index in [9.17, 15) is 14.0 Å². The number of hydrogen-bond acceptors (Lipinski definition) is 4. The number of carbonyl (C=O) groups excluding carboxylic acids is 2. The molecule has 2 aromatic carbocycles. The fourth-order valence-electron chi connectivity index (χ4n) is 4.66. The molecule has 2 amide bonds. The number of fused-ring (bicyclic) bond motifs is 1. The molecule has 174 valence electrons. The second-order valence-corrected chi connectivity index (χ2v) is 8.94. The Morgan fingerprint density at radius 3 is 2.62 bits per heavy atom. The highest BCUT2D eigenvalue weighted by Gasteiger charge is 2.27. The van der Waals surface area contributed by atoms with Gasteiger partial charge in [0.2, 0.25) is 0 Å². The van der Waals surface area contributed by atoms with Gasteiger partial charge in [0.1, 0.15) is 17.3 Å². The molecule has 3 aromatic rings. The van der Waals surface area contributed by atoms with E-state index in [1.54, 1.807) is 24.3 Å². The van der Waals surface area contributed by atoms with E-state index in [1.807, 2.05) is 29.2 Å². The summed E-state index contributed by atoms with van der Waals surface area (Å²) in [6, 6.07) is 15.6. The highest BCUT2D eigenvalue weighted by atomic mass is 19.1. The molecule has 0 radical (unpaired) electrons. The quantitative estimate of drug-likeness (QED) is 0.572. The fraction of sp³-hybridized carbons (Fsp3) is 0.259. The molecule has 3 heterocycles. The average molecular weight is 460 g/mol. The molecule has 5 rings (SSSR count). The van der Waals surface area contributed by atoms with Crippen LogP contribution in [0.2, 0.25) is 0 Å². The maximum atomic E-state index is 13.7. The first kappa shape index (κ1) is 22.1. The summed E-state index contributed by atoms with van der Waals surface area (Å²) in [7, 11) is 4.15. The summed E-state index contributed by atoms with van der Waals surface area (Å²) < 4.78 is 19.8. The molecule has 34 heavy (non-hydrogen) atoms.